The molecule has 0 aliphatic carbocycles. The Hall–Kier alpha value is -1.99. The first kappa shape index (κ1) is 19.3. The summed E-state index contributed by atoms with van der Waals surface area (Å²) >= 11 is 1.45. The van der Waals surface area contributed by atoms with Gasteiger partial charge in [-0.15, -0.1) is 0 Å². The van der Waals surface area contributed by atoms with Gasteiger partial charge in [0, 0.05) is 17.5 Å². The summed E-state index contributed by atoms with van der Waals surface area (Å²) in [6.07, 6.45) is -1.96. The number of hydrogen-bond acceptors (Lipinski definition) is 2. The van der Waals surface area contributed by atoms with Crippen LogP contribution in [0.2, 0.25) is 0 Å². The fourth-order valence-electron chi connectivity index (χ4n) is 1.81. The zero-order valence-corrected chi connectivity index (χ0v) is 14.4. The summed E-state index contributed by atoms with van der Waals surface area (Å²) in [5.41, 5.74) is -5.29. The van der Waals surface area contributed by atoms with Crippen molar-refractivity contribution in [2.75, 3.05) is 5.32 Å². The lowest BCUT2D eigenvalue weighted by atomic mass is 10.1. The number of nitrogens with one attached hydrogen (secondary N) is 2. The molecule has 0 bridgehead atoms. The molecule has 1 heterocycles. The Bertz CT molecular complexity index is 737. The topological polar surface area (TPSA) is 41.1 Å². The summed E-state index contributed by atoms with van der Waals surface area (Å²) in [5, 5.41) is 8.03. The number of carbonyl (C=O) groups excluding carboxylic acids is 1. The van der Waals surface area contributed by atoms with E-state index >= 15 is 0 Å². The first-order chi connectivity index (χ1) is 11.6. The molecule has 25 heavy (non-hydrogen) atoms. The number of carbonyl (C=O) groups is 1. The van der Waals surface area contributed by atoms with Crippen LogP contribution in [0.4, 0.5) is 32.4 Å². The summed E-state index contributed by atoms with van der Waals surface area (Å²) in [4.78, 5) is 11.7. The molecular formula is C15H12F5N2OPS. The molecule has 2 rings (SSSR count). The van der Waals surface area contributed by atoms with Gasteiger partial charge in [-0.05, 0) is 46.7 Å². The van der Waals surface area contributed by atoms with Crippen LogP contribution in [0.3, 0.4) is 0 Å². The quantitative estimate of drug-likeness (QED) is 0.523. The van der Waals surface area contributed by atoms with Crippen LogP contribution in [0.25, 0.3) is 6.08 Å². The second kappa shape index (κ2) is 7.49. The number of anilines is 1. The monoisotopic (exact) mass is 394 g/mol. The second-order valence-electron chi connectivity index (χ2n) is 4.91. The Morgan fingerprint density at radius 3 is 2.36 bits per heavy atom. The van der Waals surface area contributed by atoms with Crippen LogP contribution in [0, 0.1) is 0 Å². The van der Waals surface area contributed by atoms with E-state index in [0.717, 1.165) is 20.9 Å². The molecule has 3 nitrogen and oxygen atoms in total. The standard InChI is InChI=1S/C15H12F5N2OPS/c16-14(17,18)10-5-11(15(19,20)24)7-12(6-10)22-13(23)21-3-1-9-2-4-25-8-9/h1-8H,24H2,(H2,21,22,23)/b3-1+. The molecule has 1 unspecified atom stereocenters. The van der Waals surface area contributed by atoms with Crippen LogP contribution >= 0.6 is 20.6 Å². The molecule has 10 heteroatoms. The van der Waals surface area contributed by atoms with E-state index in [0.29, 0.717) is 12.1 Å². The van der Waals surface area contributed by atoms with Crippen LogP contribution in [0.15, 0.2) is 41.2 Å². The highest BCUT2D eigenvalue weighted by Crippen LogP contribution is 2.40. The summed E-state index contributed by atoms with van der Waals surface area (Å²) in [7, 11) is 1.16. The molecule has 0 fully saturated rings. The number of thiophene rings is 1. The Morgan fingerprint density at radius 1 is 1.12 bits per heavy atom. The maximum atomic E-state index is 13.4. The van der Waals surface area contributed by atoms with Gasteiger partial charge in [0.05, 0.1) is 5.56 Å². The third-order valence-electron chi connectivity index (χ3n) is 2.94. The first-order valence-electron chi connectivity index (χ1n) is 6.71. The Balaban J connectivity index is 2.16. The fraction of sp³-hybridized carbons (Fsp3) is 0.133. The zero-order chi connectivity index (χ0) is 18.7. The summed E-state index contributed by atoms with van der Waals surface area (Å²) in [5.74, 6) is 0. The van der Waals surface area contributed by atoms with Crippen molar-refractivity contribution in [1.82, 2.24) is 5.32 Å². The molecule has 0 radical (unpaired) electrons. The van der Waals surface area contributed by atoms with Gasteiger partial charge in [-0.1, -0.05) is 9.24 Å². The maximum Gasteiger partial charge on any atom is 0.416 e. The minimum Gasteiger partial charge on any atom is -0.314 e. The van der Waals surface area contributed by atoms with E-state index in [1.54, 1.807) is 12.1 Å². The maximum absolute atomic E-state index is 13.4. The van der Waals surface area contributed by atoms with Gasteiger partial charge in [0.15, 0.2) is 0 Å². The third kappa shape index (κ3) is 5.79. The van der Waals surface area contributed by atoms with Crippen molar-refractivity contribution in [2.45, 2.75) is 11.8 Å². The normalized spacial score (nSPS) is 12.4. The molecule has 1 atom stereocenters. The zero-order valence-electron chi connectivity index (χ0n) is 12.4. The Kier molecular flexibility index (Phi) is 5.80. The number of benzene rings is 1. The highest BCUT2D eigenvalue weighted by molar-refractivity contribution is 7.17. The highest BCUT2D eigenvalue weighted by Gasteiger charge is 2.34. The Labute approximate surface area is 146 Å². The van der Waals surface area contributed by atoms with Gasteiger partial charge in [-0.2, -0.15) is 33.3 Å². The minimum absolute atomic E-state index is 0.340. The van der Waals surface area contributed by atoms with Crippen molar-refractivity contribution < 1.29 is 26.7 Å². The van der Waals surface area contributed by atoms with Gasteiger partial charge in [0.2, 0.25) is 0 Å². The van der Waals surface area contributed by atoms with Gasteiger partial charge in [0.1, 0.15) is 0 Å². The molecule has 0 saturated heterocycles. The van der Waals surface area contributed by atoms with E-state index in [1.165, 1.54) is 17.5 Å². The molecule has 1 aromatic carbocycles. The predicted octanol–water partition coefficient (Wildman–Crippen LogP) is 5.48. The molecule has 2 amide bonds. The lowest BCUT2D eigenvalue weighted by molar-refractivity contribution is -0.137. The van der Waals surface area contributed by atoms with Crippen molar-refractivity contribution in [3.63, 3.8) is 0 Å². The first-order valence-corrected chi connectivity index (χ1v) is 8.23. The third-order valence-corrected chi connectivity index (χ3v) is 3.97. The summed E-state index contributed by atoms with van der Waals surface area (Å²) < 4.78 is 65.2. The van der Waals surface area contributed by atoms with Crippen molar-refractivity contribution >= 4 is 38.4 Å². The van der Waals surface area contributed by atoms with E-state index < -0.39 is 34.7 Å². The van der Waals surface area contributed by atoms with Crippen molar-refractivity contribution in [2.24, 2.45) is 0 Å². The van der Waals surface area contributed by atoms with Gasteiger partial charge >= 0.3 is 12.2 Å². The van der Waals surface area contributed by atoms with E-state index in [-0.39, 0.29) is 0 Å². The molecule has 2 N–H and O–H groups in total. The minimum atomic E-state index is -4.82. The van der Waals surface area contributed by atoms with E-state index in [9.17, 15) is 26.7 Å². The van der Waals surface area contributed by atoms with E-state index in [1.807, 2.05) is 10.8 Å². The van der Waals surface area contributed by atoms with Crippen LogP contribution in [-0.2, 0) is 11.8 Å². The van der Waals surface area contributed by atoms with Gasteiger partial charge in [-0.25, -0.2) is 4.79 Å². The van der Waals surface area contributed by atoms with Gasteiger partial charge in [-0.3, -0.25) is 0 Å². The molecule has 134 valence electrons. The molecule has 0 spiro atoms. The predicted molar refractivity (Wildman–Crippen MR) is 90.6 cm³/mol. The summed E-state index contributed by atoms with van der Waals surface area (Å²) in [6, 6.07) is 2.64. The lowest BCUT2D eigenvalue weighted by Crippen LogP contribution is -2.24. The average molecular weight is 394 g/mol. The number of hydrogen-bond donors (Lipinski definition) is 2. The van der Waals surface area contributed by atoms with Crippen LogP contribution < -0.4 is 10.6 Å². The van der Waals surface area contributed by atoms with Gasteiger partial charge < -0.3 is 10.6 Å². The van der Waals surface area contributed by atoms with Crippen molar-refractivity contribution in [1.29, 1.82) is 0 Å². The fourth-order valence-corrected chi connectivity index (χ4v) is 2.60. The van der Waals surface area contributed by atoms with Crippen LogP contribution in [0.1, 0.15) is 16.7 Å². The number of alkyl halides is 5. The second-order valence-corrected chi connectivity index (χ2v) is 6.41. The van der Waals surface area contributed by atoms with E-state index in [2.05, 4.69) is 10.6 Å². The van der Waals surface area contributed by atoms with Gasteiger partial charge in [0.25, 0.3) is 5.66 Å². The lowest BCUT2D eigenvalue weighted by Gasteiger charge is -2.16. The molecule has 0 aliphatic rings. The highest BCUT2D eigenvalue weighted by atomic mass is 32.1. The van der Waals surface area contributed by atoms with Crippen LogP contribution in [0.5, 0.6) is 0 Å². The SMILES string of the molecule is O=C(N/C=C/c1ccsc1)Nc1cc(C(F)(F)F)cc(C(F)(F)P)c1. The molecule has 0 aliphatic heterocycles. The van der Waals surface area contributed by atoms with E-state index in [4.69, 9.17) is 0 Å². The van der Waals surface area contributed by atoms with Crippen LogP contribution in [-0.4, -0.2) is 6.03 Å². The number of halogens is 5. The number of urea groups is 1. The average Bonchev–Trinajstić information content (AvgIpc) is 2.98. The molecular weight excluding hydrogens is 382 g/mol. The number of amides is 2. The molecule has 1 aromatic heterocycles. The smallest absolute Gasteiger partial charge is 0.314 e. The Morgan fingerprint density at radius 2 is 1.80 bits per heavy atom. The van der Waals surface area contributed by atoms with Crippen molar-refractivity contribution in [3.05, 3.63) is 57.9 Å². The summed E-state index contributed by atoms with van der Waals surface area (Å²) in [6.45, 7) is 0. The molecule has 2 aromatic rings. The van der Waals surface area contributed by atoms with Crippen molar-refractivity contribution in [3.8, 4) is 0 Å². The number of rotatable bonds is 4. The molecule has 0 saturated carbocycles. The largest absolute Gasteiger partial charge is 0.416 e.